The molecule has 0 aliphatic carbocycles. The number of sulfonamides is 1. The molecule has 2 aromatic rings. The second-order valence-corrected chi connectivity index (χ2v) is 9.17. The van der Waals surface area contributed by atoms with Gasteiger partial charge in [-0.25, -0.2) is 12.8 Å². The number of benzene rings is 2. The summed E-state index contributed by atoms with van der Waals surface area (Å²) in [5.74, 6) is -0.585. The van der Waals surface area contributed by atoms with E-state index in [4.69, 9.17) is 4.74 Å². The predicted molar refractivity (Wildman–Crippen MR) is 108 cm³/mol. The SMILES string of the molecule is C[C@@H]1CN(S(=O)(=O)c2ccc(C(=O)NCCc3ccc(F)cc3)cc2)C[C@@H](C)O1. The second-order valence-electron chi connectivity index (χ2n) is 7.24. The third kappa shape index (κ3) is 5.41. The Kier molecular flexibility index (Phi) is 6.66. The van der Waals surface area contributed by atoms with Crippen molar-refractivity contribution < 1.29 is 22.3 Å². The van der Waals surface area contributed by atoms with Gasteiger partial charge in [-0.2, -0.15) is 4.31 Å². The van der Waals surface area contributed by atoms with E-state index in [9.17, 15) is 17.6 Å². The molecule has 8 heteroatoms. The lowest BCUT2D eigenvalue weighted by molar-refractivity contribution is -0.0440. The Morgan fingerprint density at radius 3 is 2.24 bits per heavy atom. The minimum absolute atomic E-state index is 0.154. The Labute approximate surface area is 170 Å². The Bertz CT molecular complexity index is 936. The Morgan fingerprint density at radius 1 is 1.07 bits per heavy atom. The van der Waals surface area contributed by atoms with Gasteiger partial charge in [0.1, 0.15) is 5.82 Å². The zero-order valence-corrected chi connectivity index (χ0v) is 17.3. The predicted octanol–water partition coefficient (Wildman–Crippen LogP) is 2.60. The van der Waals surface area contributed by atoms with Crippen LogP contribution in [0.15, 0.2) is 53.4 Å². The molecule has 1 amide bonds. The number of morpholine rings is 1. The van der Waals surface area contributed by atoms with Gasteiger partial charge in [0.05, 0.1) is 17.1 Å². The molecule has 1 aliphatic rings. The largest absolute Gasteiger partial charge is 0.373 e. The molecule has 0 radical (unpaired) electrons. The number of rotatable bonds is 6. The molecule has 1 heterocycles. The first-order chi connectivity index (χ1) is 13.8. The van der Waals surface area contributed by atoms with E-state index in [1.165, 1.54) is 40.7 Å². The van der Waals surface area contributed by atoms with E-state index in [-0.39, 0.29) is 28.8 Å². The minimum Gasteiger partial charge on any atom is -0.373 e. The van der Waals surface area contributed by atoms with Crippen molar-refractivity contribution in [1.29, 1.82) is 0 Å². The van der Waals surface area contributed by atoms with Crippen molar-refractivity contribution in [3.8, 4) is 0 Å². The molecule has 2 atom stereocenters. The Balaban J connectivity index is 1.60. The first-order valence-electron chi connectivity index (χ1n) is 9.54. The number of nitrogens with zero attached hydrogens (tertiary/aromatic N) is 1. The number of nitrogens with one attached hydrogen (secondary N) is 1. The summed E-state index contributed by atoms with van der Waals surface area (Å²) in [5.41, 5.74) is 1.30. The summed E-state index contributed by atoms with van der Waals surface area (Å²) in [6.07, 6.45) is 0.241. The minimum atomic E-state index is -3.64. The van der Waals surface area contributed by atoms with E-state index in [1.54, 1.807) is 12.1 Å². The molecule has 29 heavy (non-hydrogen) atoms. The van der Waals surface area contributed by atoms with E-state index in [1.807, 2.05) is 13.8 Å². The number of amides is 1. The van der Waals surface area contributed by atoms with Crippen molar-refractivity contribution >= 4 is 15.9 Å². The van der Waals surface area contributed by atoms with Crippen molar-refractivity contribution in [3.63, 3.8) is 0 Å². The molecular formula is C21H25FN2O4S. The maximum atomic E-state index is 12.9. The number of halogens is 1. The Hall–Kier alpha value is -2.29. The van der Waals surface area contributed by atoms with Crippen molar-refractivity contribution in [2.45, 2.75) is 37.4 Å². The third-order valence-corrected chi connectivity index (χ3v) is 6.60. The van der Waals surface area contributed by atoms with Crippen LogP contribution in [0.3, 0.4) is 0 Å². The maximum absolute atomic E-state index is 12.9. The second kappa shape index (κ2) is 9.02. The van der Waals surface area contributed by atoms with Crippen LogP contribution >= 0.6 is 0 Å². The highest BCUT2D eigenvalue weighted by Gasteiger charge is 2.32. The molecule has 1 fully saturated rings. The molecule has 0 aromatic heterocycles. The fourth-order valence-electron chi connectivity index (χ4n) is 3.33. The molecule has 0 saturated carbocycles. The summed E-state index contributed by atoms with van der Waals surface area (Å²) in [5, 5.41) is 2.79. The van der Waals surface area contributed by atoms with Crippen molar-refractivity contribution in [3.05, 3.63) is 65.5 Å². The van der Waals surface area contributed by atoms with E-state index in [0.717, 1.165) is 5.56 Å². The van der Waals surface area contributed by atoms with Crippen LogP contribution in [-0.4, -0.2) is 50.5 Å². The van der Waals surface area contributed by atoms with E-state index >= 15 is 0 Å². The summed E-state index contributed by atoms with van der Waals surface area (Å²) < 4.78 is 45.6. The summed E-state index contributed by atoms with van der Waals surface area (Å²) in [6, 6.07) is 12.0. The number of carbonyl (C=O) groups is 1. The molecule has 0 unspecified atom stereocenters. The summed E-state index contributed by atoms with van der Waals surface area (Å²) in [6.45, 7) is 4.69. The molecule has 1 N–H and O–H groups in total. The van der Waals surface area contributed by atoms with E-state index in [2.05, 4.69) is 5.32 Å². The zero-order chi connectivity index (χ0) is 21.0. The van der Waals surface area contributed by atoms with Gasteiger partial charge < -0.3 is 10.1 Å². The van der Waals surface area contributed by atoms with Crippen LogP contribution in [0, 0.1) is 5.82 Å². The van der Waals surface area contributed by atoms with Gasteiger partial charge >= 0.3 is 0 Å². The van der Waals surface area contributed by atoms with Crippen LogP contribution in [-0.2, 0) is 21.2 Å². The monoisotopic (exact) mass is 420 g/mol. The molecular weight excluding hydrogens is 395 g/mol. The van der Waals surface area contributed by atoms with Crippen LogP contribution in [0.1, 0.15) is 29.8 Å². The fourth-order valence-corrected chi connectivity index (χ4v) is 4.92. The molecule has 1 saturated heterocycles. The maximum Gasteiger partial charge on any atom is 0.251 e. The molecule has 2 aromatic carbocycles. The van der Waals surface area contributed by atoms with Gasteiger partial charge in [-0.3, -0.25) is 4.79 Å². The molecule has 0 bridgehead atoms. The number of carbonyl (C=O) groups excluding carboxylic acids is 1. The molecule has 3 rings (SSSR count). The highest BCUT2D eigenvalue weighted by atomic mass is 32.2. The number of hydrogen-bond acceptors (Lipinski definition) is 4. The molecule has 1 aliphatic heterocycles. The van der Waals surface area contributed by atoms with Gasteiger partial charge in [0.15, 0.2) is 0 Å². The summed E-state index contributed by atoms with van der Waals surface area (Å²) in [4.78, 5) is 12.4. The van der Waals surface area contributed by atoms with Gasteiger partial charge in [-0.1, -0.05) is 12.1 Å². The molecule has 156 valence electrons. The number of hydrogen-bond donors (Lipinski definition) is 1. The summed E-state index contributed by atoms with van der Waals surface area (Å²) >= 11 is 0. The fraction of sp³-hybridized carbons (Fsp3) is 0.381. The standard InChI is InChI=1S/C21H25FN2O4S/c1-15-13-24(14-16(2)28-15)29(26,27)20-9-5-18(6-10-20)21(25)23-12-11-17-3-7-19(22)8-4-17/h3-10,15-16H,11-14H2,1-2H3,(H,23,25)/t15-,16-/m1/s1. The molecule has 6 nitrogen and oxygen atoms in total. The topological polar surface area (TPSA) is 75.7 Å². The lowest BCUT2D eigenvalue weighted by atomic mass is 10.1. The molecule has 0 spiro atoms. The van der Waals surface area contributed by atoms with Crippen LogP contribution in [0.4, 0.5) is 4.39 Å². The van der Waals surface area contributed by atoms with Crippen LogP contribution < -0.4 is 5.32 Å². The van der Waals surface area contributed by atoms with E-state index in [0.29, 0.717) is 31.6 Å². The van der Waals surface area contributed by atoms with Gasteiger partial charge in [0.25, 0.3) is 5.91 Å². The first-order valence-corrected chi connectivity index (χ1v) is 11.0. The average Bonchev–Trinajstić information content (AvgIpc) is 2.69. The highest BCUT2D eigenvalue weighted by Crippen LogP contribution is 2.21. The lowest BCUT2D eigenvalue weighted by Gasteiger charge is -2.34. The van der Waals surface area contributed by atoms with Crippen LogP contribution in [0.25, 0.3) is 0 Å². The third-order valence-electron chi connectivity index (χ3n) is 4.75. The lowest BCUT2D eigenvalue weighted by Crippen LogP contribution is -2.48. The quantitative estimate of drug-likeness (QED) is 0.780. The van der Waals surface area contributed by atoms with Gasteiger partial charge in [0.2, 0.25) is 10.0 Å². The van der Waals surface area contributed by atoms with Crippen LogP contribution in [0.2, 0.25) is 0 Å². The Morgan fingerprint density at radius 2 is 1.66 bits per heavy atom. The van der Waals surface area contributed by atoms with E-state index < -0.39 is 10.0 Å². The average molecular weight is 421 g/mol. The van der Waals surface area contributed by atoms with Crippen molar-refractivity contribution in [2.24, 2.45) is 0 Å². The highest BCUT2D eigenvalue weighted by molar-refractivity contribution is 7.89. The zero-order valence-electron chi connectivity index (χ0n) is 16.5. The summed E-state index contributed by atoms with van der Waals surface area (Å²) in [7, 11) is -3.64. The van der Waals surface area contributed by atoms with Crippen molar-refractivity contribution in [1.82, 2.24) is 9.62 Å². The van der Waals surface area contributed by atoms with Crippen LogP contribution in [0.5, 0.6) is 0 Å². The van der Waals surface area contributed by atoms with Gasteiger partial charge in [0, 0.05) is 25.2 Å². The first kappa shape index (κ1) is 21.4. The van der Waals surface area contributed by atoms with Gasteiger partial charge in [-0.05, 0) is 62.2 Å². The number of ether oxygens (including phenoxy) is 1. The van der Waals surface area contributed by atoms with Crippen molar-refractivity contribution in [2.75, 3.05) is 19.6 Å². The normalized spacial score (nSPS) is 20.4. The van der Waals surface area contributed by atoms with Gasteiger partial charge in [-0.15, -0.1) is 0 Å². The smallest absolute Gasteiger partial charge is 0.251 e.